The first-order valence-corrected chi connectivity index (χ1v) is 13.8. The van der Waals surface area contributed by atoms with Gasteiger partial charge in [0.1, 0.15) is 0 Å². The maximum Gasteiger partial charge on any atom is 0.416 e. The molecular formula is C24H26Cl2F3N3O4S. The molecule has 0 bridgehead atoms. The summed E-state index contributed by atoms with van der Waals surface area (Å²) < 4.78 is 66.7. The molecule has 0 aromatic heterocycles. The topological polar surface area (TPSA) is 95.6 Å². The van der Waals surface area contributed by atoms with Gasteiger partial charge in [0, 0.05) is 54.8 Å². The van der Waals surface area contributed by atoms with Crippen LogP contribution in [0.4, 0.5) is 13.2 Å². The number of carbonyl (C=O) groups excluding carboxylic acids is 2. The van der Waals surface area contributed by atoms with Crippen LogP contribution in [0.3, 0.4) is 0 Å². The van der Waals surface area contributed by atoms with Gasteiger partial charge in [-0.25, -0.2) is 8.42 Å². The molecule has 13 heteroatoms. The molecule has 2 aromatic carbocycles. The number of halogens is 5. The van der Waals surface area contributed by atoms with Gasteiger partial charge < -0.3 is 10.6 Å². The smallest absolute Gasteiger partial charge is 0.352 e. The number of benzene rings is 2. The standard InChI is InChI=1S/C24H26Cl2F3N3O4S/c1-3-37(35,36)22-5-4-17(25)8-16(22)11-30-23(34)15-9-20(24(27,28)29)19(21(26)10-15)13-32-7-6-18(12-32)31-14(2)33/h4-5,8-10,18H,3,6-7,11-13H2,1-2H3,(H,30,34)(H,31,33). The zero-order valence-corrected chi connectivity index (χ0v) is 22.4. The van der Waals surface area contributed by atoms with Gasteiger partial charge in [-0.1, -0.05) is 30.1 Å². The van der Waals surface area contributed by atoms with Crippen LogP contribution in [0.5, 0.6) is 0 Å². The largest absolute Gasteiger partial charge is 0.416 e. The number of likely N-dealkylation sites (tertiary alicyclic amines) is 1. The number of rotatable bonds is 8. The van der Waals surface area contributed by atoms with Gasteiger partial charge in [0.15, 0.2) is 9.84 Å². The number of nitrogens with one attached hydrogen (secondary N) is 2. The first-order chi connectivity index (χ1) is 17.2. The van der Waals surface area contributed by atoms with Crippen LogP contribution in [0.1, 0.15) is 47.3 Å². The van der Waals surface area contributed by atoms with Gasteiger partial charge in [-0.2, -0.15) is 13.2 Å². The molecule has 1 heterocycles. The Morgan fingerprint density at radius 2 is 1.86 bits per heavy atom. The van der Waals surface area contributed by atoms with Crippen molar-refractivity contribution in [2.45, 2.75) is 50.5 Å². The number of hydrogen-bond acceptors (Lipinski definition) is 5. The molecule has 37 heavy (non-hydrogen) atoms. The van der Waals surface area contributed by atoms with Gasteiger partial charge in [-0.3, -0.25) is 14.5 Å². The predicted octanol–water partition coefficient (Wildman–Crippen LogP) is 4.45. The van der Waals surface area contributed by atoms with Crippen molar-refractivity contribution in [3.8, 4) is 0 Å². The summed E-state index contributed by atoms with van der Waals surface area (Å²) in [5.41, 5.74) is -1.31. The normalized spacial score (nSPS) is 16.6. The molecule has 2 N–H and O–H groups in total. The third-order valence-electron chi connectivity index (χ3n) is 6.00. The van der Waals surface area contributed by atoms with Crippen molar-refractivity contribution in [3.05, 3.63) is 62.6 Å². The van der Waals surface area contributed by atoms with Crippen molar-refractivity contribution in [2.24, 2.45) is 0 Å². The molecule has 0 aliphatic carbocycles. The Hall–Kier alpha value is -2.34. The van der Waals surface area contributed by atoms with E-state index in [1.807, 2.05) is 0 Å². The molecule has 1 atom stereocenters. The Balaban J connectivity index is 1.84. The minimum Gasteiger partial charge on any atom is -0.352 e. The van der Waals surface area contributed by atoms with Crippen LogP contribution in [0.2, 0.25) is 10.0 Å². The number of sulfone groups is 1. The van der Waals surface area contributed by atoms with E-state index in [9.17, 15) is 31.2 Å². The van der Waals surface area contributed by atoms with E-state index < -0.39 is 27.5 Å². The van der Waals surface area contributed by atoms with Crippen LogP contribution in [-0.2, 0) is 33.9 Å². The van der Waals surface area contributed by atoms with E-state index in [-0.39, 0.29) is 62.4 Å². The van der Waals surface area contributed by atoms with Gasteiger partial charge in [-0.15, -0.1) is 0 Å². The number of nitrogens with zero attached hydrogens (tertiary/aromatic N) is 1. The molecular weight excluding hydrogens is 554 g/mol. The Morgan fingerprint density at radius 1 is 1.16 bits per heavy atom. The van der Waals surface area contributed by atoms with Crippen molar-refractivity contribution in [1.29, 1.82) is 0 Å². The average molecular weight is 580 g/mol. The molecule has 1 saturated heterocycles. The van der Waals surface area contributed by atoms with Gasteiger partial charge >= 0.3 is 6.18 Å². The maximum absolute atomic E-state index is 14.0. The summed E-state index contributed by atoms with van der Waals surface area (Å²) in [5.74, 6) is -1.25. The summed E-state index contributed by atoms with van der Waals surface area (Å²) in [4.78, 5) is 25.8. The summed E-state index contributed by atoms with van der Waals surface area (Å²) in [6.45, 7) is 3.32. The van der Waals surface area contributed by atoms with Gasteiger partial charge in [0.2, 0.25) is 5.91 Å². The highest BCUT2D eigenvalue weighted by Crippen LogP contribution is 2.37. The van der Waals surface area contributed by atoms with Crippen LogP contribution < -0.4 is 10.6 Å². The molecule has 1 fully saturated rings. The lowest BCUT2D eigenvalue weighted by Crippen LogP contribution is -2.35. The van der Waals surface area contributed by atoms with Crippen LogP contribution in [0.15, 0.2) is 35.2 Å². The van der Waals surface area contributed by atoms with Gasteiger partial charge in [-0.05, 0) is 47.9 Å². The third-order valence-corrected chi connectivity index (χ3v) is 8.40. The maximum atomic E-state index is 14.0. The number of amides is 2. The Morgan fingerprint density at radius 3 is 2.49 bits per heavy atom. The third kappa shape index (κ3) is 7.37. The summed E-state index contributed by atoms with van der Waals surface area (Å²) in [7, 11) is -3.63. The Bertz CT molecular complexity index is 1300. The molecule has 2 amide bonds. The SMILES string of the molecule is CCS(=O)(=O)c1ccc(Cl)cc1CNC(=O)c1cc(Cl)c(CN2CCC(NC(C)=O)C2)c(C(F)(F)F)c1. The van der Waals surface area contributed by atoms with Crippen LogP contribution in [0.25, 0.3) is 0 Å². The molecule has 0 saturated carbocycles. The molecule has 2 aromatic rings. The average Bonchev–Trinajstić information content (AvgIpc) is 3.23. The lowest BCUT2D eigenvalue weighted by atomic mass is 10.0. The molecule has 0 spiro atoms. The molecule has 1 aliphatic heterocycles. The fourth-order valence-electron chi connectivity index (χ4n) is 4.21. The van der Waals surface area contributed by atoms with Crippen molar-refractivity contribution in [1.82, 2.24) is 15.5 Å². The molecule has 3 rings (SSSR count). The quantitative estimate of drug-likeness (QED) is 0.482. The van der Waals surface area contributed by atoms with E-state index in [2.05, 4.69) is 10.6 Å². The highest BCUT2D eigenvalue weighted by atomic mass is 35.5. The van der Waals surface area contributed by atoms with E-state index >= 15 is 0 Å². The second-order valence-electron chi connectivity index (χ2n) is 8.74. The van der Waals surface area contributed by atoms with E-state index in [1.165, 1.54) is 32.0 Å². The molecule has 202 valence electrons. The van der Waals surface area contributed by atoms with Gasteiger partial charge in [0.05, 0.1) is 16.2 Å². The van der Waals surface area contributed by atoms with Crippen LogP contribution >= 0.6 is 23.2 Å². The van der Waals surface area contributed by atoms with Crippen molar-refractivity contribution in [3.63, 3.8) is 0 Å². The van der Waals surface area contributed by atoms with Gasteiger partial charge in [0.25, 0.3) is 5.91 Å². The number of carbonyl (C=O) groups is 2. The monoisotopic (exact) mass is 579 g/mol. The first kappa shape index (κ1) is 29.2. The first-order valence-electron chi connectivity index (χ1n) is 11.4. The summed E-state index contributed by atoms with van der Waals surface area (Å²) in [6, 6.07) is 5.84. The summed E-state index contributed by atoms with van der Waals surface area (Å²) in [5, 5.41) is 5.24. The van der Waals surface area contributed by atoms with Crippen molar-refractivity contribution >= 4 is 44.9 Å². The van der Waals surface area contributed by atoms with E-state index in [0.29, 0.717) is 19.5 Å². The van der Waals surface area contributed by atoms with Crippen LogP contribution in [-0.4, -0.2) is 50.0 Å². The lowest BCUT2D eigenvalue weighted by Gasteiger charge is -2.21. The Kier molecular flexibility index (Phi) is 9.15. The Labute approximate surface area is 223 Å². The second kappa shape index (κ2) is 11.6. The zero-order chi connectivity index (χ0) is 27.5. The van der Waals surface area contributed by atoms with E-state index in [4.69, 9.17) is 23.2 Å². The lowest BCUT2D eigenvalue weighted by molar-refractivity contribution is -0.138. The molecule has 7 nitrogen and oxygen atoms in total. The molecule has 1 unspecified atom stereocenters. The minimum absolute atomic E-state index is 0.0211. The van der Waals surface area contributed by atoms with Crippen LogP contribution in [0, 0.1) is 0 Å². The summed E-state index contributed by atoms with van der Waals surface area (Å²) in [6.07, 6.45) is -4.18. The second-order valence-corrected chi connectivity index (χ2v) is 11.8. The predicted molar refractivity (Wildman–Crippen MR) is 134 cm³/mol. The van der Waals surface area contributed by atoms with E-state index in [0.717, 1.165) is 12.1 Å². The van der Waals surface area contributed by atoms with Crippen molar-refractivity contribution in [2.75, 3.05) is 18.8 Å². The number of hydrogen-bond donors (Lipinski definition) is 2. The minimum atomic E-state index is -4.78. The number of alkyl halides is 3. The molecule has 0 radical (unpaired) electrons. The molecule has 1 aliphatic rings. The fourth-order valence-corrected chi connectivity index (χ4v) is 5.80. The van der Waals surface area contributed by atoms with E-state index in [1.54, 1.807) is 4.90 Å². The fraction of sp³-hybridized carbons (Fsp3) is 0.417. The summed E-state index contributed by atoms with van der Waals surface area (Å²) >= 11 is 12.2. The zero-order valence-electron chi connectivity index (χ0n) is 20.1. The van der Waals surface area contributed by atoms with Crippen molar-refractivity contribution < 1.29 is 31.2 Å². The highest BCUT2D eigenvalue weighted by Gasteiger charge is 2.36. The highest BCUT2D eigenvalue weighted by molar-refractivity contribution is 7.91.